The summed E-state index contributed by atoms with van der Waals surface area (Å²) in [4.78, 5) is 12.1. The number of piperidine rings is 1. The molecule has 1 heterocycles. The van der Waals surface area contributed by atoms with Crippen molar-refractivity contribution in [3.8, 4) is 0 Å². The van der Waals surface area contributed by atoms with Crippen LogP contribution in [0.4, 0.5) is 0 Å². The zero-order chi connectivity index (χ0) is 18.3. The number of nitrogens with two attached hydrogens (primary N) is 1. The number of methoxy groups -OCH3 is 1. The maximum absolute atomic E-state index is 12.6. The molecule has 0 aliphatic carbocycles. The lowest BCUT2D eigenvalue weighted by atomic mass is 10.2. The number of carbonyl (C=O) groups is 1. The van der Waals surface area contributed by atoms with Crippen molar-refractivity contribution in [1.29, 1.82) is 0 Å². The van der Waals surface area contributed by atoms with Gasteiger partial charge in [-0.1, -0.05) is 18.6 Å². The summed E-state index contributed by atoms with van der Waals surface area (Å²) in [5.74, 6) is -0.151. The highest BCUT2D eigenvalue weighted by Gasteiger charge is 2.25. The van der Waals surface area contributed by atoms with E-state index in [2.05, 4.69) is 5.32 Å². The summed E-state index contributed by atoms with van der Waals surface area (Å²) in [5.41, 5.74) is 6.33. The van der Waals surface area contributed by atoms with Crippen LogP contribution >= 0.6 is 12.4 Å². The van der Waals surface area contributed by atoms with Gasteiger partial charge in [0.1, 0.15) is 0 Å². The monoisotopic (exact) mass is 405 g/mol. The number of hydrogen-bond donors (Lipinski definition) is 2. The molecule has 2 rings (SSSR count). The van der Waals surface area contributed by atoms with Crippen LogP contribution in [0.25, 0.3) is 0 Å². The van der Waals surface area contributed by atoms with E-state index in [1.807, 2.05) is 0 Å². The zero-order valence-electron chi connectivity index (χ0n) is 15.0. The topological polar surface area (TPSA) is 102 Å². The third-order valence-electron chi connectivity index (χ3n) is 4.38. The van der Waals surface area contributed by atoms with E-state index < -0.39 is 10.0 Å². The average Bonchev–Trinajstić information content (AvgIpc) is 2.65. The summed E-state index contributed by atoms with van der Waals surface area (Å²) in [6.07, 6.45) is 2.81. The summed E-state index contributed by atoms with van der Waals surface area (Å²) in [5, 5.41) is 2.79. The Morgan fingerprint density at radius 3 is 2.38 bits per heavy atom. The summed E-state index contributed by atoms with van der Waals surface area (Å²) >= 11 is 0. The predicted molar refractivity (Wildman–Crippen MR) is 103 cm³/mol. The van der Waals surface area contributed by atoms with Gasteiger partial charge in [-0.2, -0.15) is 4.31 Å². The van der Waals surface area contributed by atoms with Crippen molar-refractivity contribution in [2.75, 3.05) is 26.7 Å². The number of nitrogens with zero attached hydrogens (tertiary/aromatic N) is 1. The van der Waals surface area contributed by atoms with E-state index in [1.54, 1.807) is 28.6 Å². The Morgan fingerprint density at radius 1 is 1.23 bits per heavy atom. The lowest BCUT2D eigenvalue weighted by Gasteiger charge is -2.25. The summed E-state index contributed by atoms with van der Waals surface area (Å²) < 4.78 is 31.8. The number of carbonyl (C=O) groups excluding carboxylic acids is 1. The van der Waals surface area contributed by atoms with Crippen molar-refractivity contribution in [1.82, 2.24) is 9.62 Å². The molecule has 1 fully saturated rings. The highest BCUT2D eigenvalue weighted by molar-refractivity contribution is 7.89. The average molecular weight is 406 g/mol. The minimum Gasteiger partial charge on any atom is -0.380 e. The second-order valence-corrected chi connectivity index (χ2v) is 8.12. The second kappa shape index (κ2) is 10.8. The molecule has 9 heteroatoms. The van der Waals surface area contributed by atoms with E-state index >= 15 is 0 Å². The van der Waals surface area contributed by atoms with Gasteiger partial charge in [-0.05, 0) is 30.5 Å². The SMILES string of the molecule is COC(CN)CC(=O)NCc1ccc(S(=O)(=O)N2CCCCC2)cc1.Cl. The van der Waals surface area contributed by atoms with Gasteiger partial charge in [0, 0.05) is 33.3 Å². The van der Waals surface area contributed by atoms with Crippen LogP contribution in [-0.2, 0) is 26.1 Å². The Bertz CT molecular complexity index is 657. The molecule has 1 aliphatic heterocycles. The number of hydrogen-bond acceptors (Lipinski definition) is 5. The molecule has 1 atom stereocenters. The number of rotatable bonds is 8. The van der Waals surface area contributed by atoms with Crippen molar-refractivity contribution >= 4 is 28.3 Å². The van der Waals surface area contributed by atoms with Gasteiger partial charge in [0.2, 0.25) is 15.9 Å². The van der Waals surface area contributed by atoms with Crippen LogP contribution < -0.4 is 11.1 Å². The van der Waals surface area contributed by atoms with E-state index in [-0.39, 0.29) is 37.4 Å². The largest absolute Gasteiger partial charge is 0.380 e. The number of nitrogens with one attached hydrogen (secondary N) is 1. The van der Waals surface area contributed by atoms with Crippen LogP contribution in [0.2, 0.25) is 0 Å². The molecule has 0 saturated carbocycles. The van der Waals surface area contributed by atoms with Crippen molar-refractivity contribution in [3.05, 3.63) is 29.8 Å². The fraction of sp³-hybridized carbons (Fsp3) is 0.588. The fourth-order valence-corrected chi connectivity index (χ4v) is 4.29. The molecule has 1 amide bonds. The smallest absolute Gasteiger partial charge is 0.243 e. The third kappa shape index (κ3) is 6.21. The molecule has 0 radical (unpaired) electrons. The van der Waals surface area contributed by atoms with Gasteiger partial charge in [0.15, 0.2) is 0 Å². The van der Waals surface area contributed by atoms with Crippen LogP contribution in [-0.4, -0.2) is 51.5 Å². The molecular weight excluding hydrogens is 378 g/mol. The number of ether oxygens (including phenoxy) is 1. The lowest BCUT2D eigenvalue weighted by molar-refractivity contribution is -0.123. The van der Waals surface area contributed by atoms with Gasteiger partial charge in [-0.3, -0.25) is 4.79 Å². The van der Waals surface area contributed by atoms with E-state index in [9.17, 15) is 13.2 Å². The maximum Gasteiger partial charge on any atom is 0.243 e. The number of halogens is 1. The minimum absolute atomic E-state index is 0. The molecule has 148 valence electrons. The summed E-state index contributed by atoms with van der Waals surface area (Å²) in [6.45, 7) is 1.79. The number of amides is 1. The third-order valence-corrected chi connectivity index (χ3v) is 6.29. The Hall–Kier alpha value is -1.19. The Kier molecular flexibility index (Phi) is 9.52. The van der Waals surface area contributed by atoms with Crippen LogP contribution in [0.5, 0.6) is 0 Å². The quantitative estimate of drug-likeness (QED) is 0.678. The van der Waals surface area contributed by atoms with E-state index in [1.165, 1.54) is 7.11 Å². The zero-order valence-corrected chi connectivity index (χ0v) is 16.7. The second-order valence-electron chi connectivity index (χ2n) is 6.18. The Balaban J connectivity index is 0.00000338. The van der Waals surface area contributed by atoms with Crippen LogP contribution in [0.15, 0.2) is 29.2 Å². The van der Waals surface area contributed by atoms with Gasteiger partial charge >= 0.3 is 0 Å². The van der Waals surface area contributed by atoms with Crippen molar-refractivity contribution < 1.29 is 17.9 Å². The van der Waals surface area contributed by atoms with Gasteiger partial charge in [-0.15, -0.1) is 12.4 Å². The Morgan fingerprint density at radius 2 is 1.85 bits per heavy atom. The normalized spacial score (nSPS) is 16.5. The minimum atomic E-state index is -3.42. The van der Waals surface area contributed by atoms with Crippen LogP contribution in [0, 0.1) is 0 Å². The Labute approximate surface area is 161 Å². The number of benzene rings is 1. The van der Waals surface area contributed by atoms with E-state index in [0.717, 1.165) is 24.8 Å². The maximum atomic E-state index is 12.6. The fourth-order valence-electron chi connectivity index (χ4n) is 2.78. The lowest BCUT2D eigenvalue weighted by Crippen LogP contribution is -2.35. The molecule has 1 aliphatic rings. The molecule has 0 aromatic heterocycles. The van der Waals surface area contributed by atoms with Crippen molar-refractivity contribution in [2.24, 2.45) is 5.73 Å². The molecule has 0 bridgehead atoms. The van der Waals surface area contributed by atoms with Crippen molar-refractivity contribution in [2.45, 2.75) is 43.2 Å². The van der Waals surface area contributed by atoms with E-state index in [4.69, 9.17) is 10.5 Å². The molecular formula is C17H28ClN3O4S. The highest BCUT2D eigenvalue weighted by atomic mass is 35.5. The standard InChI is InChI=1S/C17H27N3O4S.ClH/c1-24-15(12-18)11-17(21)19-13-14-5-7-16(8-6-14)25(22,23)20-9-3-2-4-10-20;/h5-8,15H,2-4,9-13,18H2,1H3,(H,19,21);1H. The molecule has 1 saturated heterocycles. The van der Waals surface area contributed by atoms with Gasteiger partial charge in [0.25, 0.3) is 0 Å². The molecule has 7 nitrogen and oxygen atoms in total. The van der Waals surface area contributed by atoms with E-state index in [0.29, 0.717) is 24.5 Å². The molecule has 1 unspecified atom stereocenters. The molecule has 3 N–H and O–H groups in total. The first-order valence-electron chi connectivity index (χ1n) is 8.56. The predicted octanol–water partition coefficient (Wildman–Crippen LogP) is 1.26. The van der Waals surface area contributed by atoms with Gasteiger partial charge in [-0.25, -0.2) is 8.42 Å². The summed E-state index contributed by atoms with van der Waals surface area (Å²) in [6, 6.07) is 6.66. The highest BCUT2D eigenvalue weighted by Crippen LogP contribution is 2.20. The van der Waals surface area contributed by atoms with Crippen molar-refractivity contribution in [3.63, 3.8) is 0 Å². The first-order valence-corrected chi connectivity index (χ1v) is 10.00. The summed E-state index contributed by atoms with van der Waals surface area (Å²) in [7, 11) is -1.90. The van der Waals surface area contributed by atoms with Gasteiger partial charge < -0.3 is 15.8 Å². The van der Waals surface area contributed by atoms with Gasteiger partial charge in [0.05, 0.1) is 17.4 Å². The molecule has 26 heavy (non-hydrogen) atoms. The van der Waals surface area contributed by atoms with Crippen LogP contribution in [0.1, 0.15) is 31.2 Å². The first kappa shape index (κ1) is 22.9. The molecule has 1 aromatic rings. The van der Waals surface area contributed by atoms with Crippen LogP contribution in [0.3, 0.4) is 0 Å². The first-order chi connectivity index (χ1) is 12.0. The number of sulfonamides is 1. The molecule has 0 spiro atoms. The molecule has 1 aromatic carbocycles.